The lowest BCUT2D eigenvalue weighted by atomic mass is 10.0. The molecule has 22 heavy (non-hydrogen) atoms. The number of carbonyl (C=O) groups is 1. The maximum Gasteiger partial charge on any atom is 0.219 e. The highest BCUT2D eigenvalue weighted by Gasteiger charge is 2.20. The van der Waals surface area contributed by atoms with Crippen molar-refractivity contribution >= 4 is 5.91 Å². The Morgan fingerprint density at radius 3 is 2.45 bits per heavy atom. The Kier molecular flexibility index (Phi) is 7.50. The van der Waals surface area contributed by atoms with Gasteiger partial charge in [0.2, 0.25) is 5.91 Å². The minimum Gasteiger partial charge on any atom is -0.386 e. The van der Waals surface area contributed by atoms with Crippen LogP contribution in [0.25, 0.3) is 0 Å². The molecule has 1 aliphatic rings. The van der Waals surface area contributed by atoms with Crippen LogP contribution in [0.2, 0.25) is 0 Å². The zero-order valence-corrected chi connectivity index (χ0v) is 14.1. The van der Waals surface area contributed by atoms with Crippen LogP contribution in [0.3, 0.4) is 0 Å². The Balaban J connectivity index is 2.61. The molecule has 1 aliphatic heterocycles. The van der Waals surface area contributed by atoms with E-state index in [1.165, 1.54) is 0 Å². The lowest BCUT2D eigenvalue weighted by molar-refractivity contribution is -0.129. The topological polar surface area (TPSA) is 44.4 Å². The van der Waals surface area contributed by atoms with Gasteiger partial charge in [0.05, 0.1) is 0 Å². The van der Waals surface area contributed by atoms with Crippen LogP contribution in [0.15, 0.2) is 48.4 Å². The first-order chi connectivity index (χ1) is 10.5. The van der Waals surface area contributed by atoms with E-state index in [1.807, 2.05) is 17.9 Å². The standard InChI is InChI=1S/C18H29N3O/c1-6-8-17(15(4)19-7-2)13-14(3)20-18-9-11-21(12-10-18)16(5)22/h6,8,13,18-20H,1,4,7,9-12H2,2-3,5H3/b14-13+,17-8+. The van der Waals surface area contributed by atoms with E-state index in [0.29, 0.717) is 6.04 Å². The number of carbonyl (C=O) groups excluding carboxylic acids is 1. The Labute approximate surface area is 134 Å². The Hall–Kier alpha value is -1.97. The number of piperidine rings is 1. The average Bonchev–Trinajstić information content (AvgIpc) is 2.47. The quantitative estimate of drug-likeness (QED) is 0.711. The third-order valence-electron chi connectivity index (χ3n) is 3.78. The van der Waals surface area contributed by atoms with Crippen molar-refractivity contribution in [1.82, 2.24) is 15.5 Å². The van der Waals surface area contributed by atoms with Gasteiger partial charge in [0.25, 0.3) is 0 Å². The molecule has 4 heteroatoms. The molecule has 1 amide bonds. The van der Waals surface area contributed by atoms with Crippen molar-refractivity contribution < 1.29 is 4.79 Å². The van der Waals surface area contributed by atoms with Crippen molar-refractivity contribution in [3.63, 3.8) is 0 Å². The van der Waals surface area contributed by atoms with Gasteiger partial charge in [-0.25, -0.2) is 0 Å². The number of nitrogens with zero attached hydrogens (tertiary/aromatic N) is 1. The van der Waals surface area contributed by atoms with Gasteiger partial charge in [-0.2, -0.15) is 0 Å². The summed E-state index contributed by atoms with van der Waals surface area (Å²) in [6.45, 7) is 16.1. The van der Waals surface area contributed by atoms with Crippen molar-refractivity contribution in [2.75, 3.05) is 19.6 Å². The number of rotatable bonds is 7. The highest BCUT2D eigenvalue weighted by molar-refractivity contribution is 5.73. The van der Waals surface area contributed by atoms with Crippen molar-refractivity contribution in [3.8, 4) is 0 Å². The molecule has 0 aromatic rings. The molecule has 1 fully saturated rings. The average molecular weight is 303 g/mol. The first-order valence-electron chi connectivity index (χ1n) is 7.94. The van der Waals surface area contributed by atoms with Crippen LogP contribution < -0.4 is 10.6 Å². The number of likely N-dealkylation sites (tertiary alicyclic amines) is 1. The Morgan fingerprint density at radius 1 is 1.32 bits per heavy atom. The van der Waals surface area contributed by atoms with E-state index in [9.17, 15) is 4.79 Å². The molecule has 1 rings (SSSR count). The number of hydrogen-bond acceptors (Lipinski definition) is 3. The number of allylic oxidation sites excluding steroid dienone is 4. The molecular weight excluding hydrogens is 274 g/mol. The van der Waals surface area contributed by atoms with Crippen LogP contribution in [-0.4, -0.2) is 36.5 Å². The second-order valence-corrected chi connectivity index (χ2v) is 5.62. The summed E-state index contributed by atoms with van der Waals surface area (Å²) in [6.07, 6.45) is 7.78. The van der Waals surface area contributed by atoms with E-state index in [4.69, 9.17) is 0 Å². The smallest absolute Gasteiger partial charge is 0.219 e. The molecule has 0 atom stereocenters. The van der Waals surface area contributed by atoms with E-state index >= 15 is 0 Å². The van der Waals surface area contributed by atoms with Gasteiger partial charge in [0.15, 0.2) is 0 Å². The lowest BCUT2D eigenvalue weighted by Gasteiger charge is -2.32. The molecule has 0 aromatic heterocycles. The summed E-state index contributed by atoms with van der Waals surface area (Å²) in [6, 6.07) is 0.421. The summed E-state index contributed by atoms with van der Waals surface area (Å²) in [4.78, 5) is 13.3. The second kappa shape index (κ2) is 9.13. The predicted molar refractivity (Wildman–Crippen MR) is 93.3 cm³/mol. The lowest BCUT2D eigenvalue weighted by Crippen LogP contribution is -2.43. The fourth-order valence-corrected chi connectivity index (χ4v) is 2.61. The first kappa shape index (κ1) is 18.1. The first-order valence-corrected chi connectivity index (χ1v) is 7.94. The van der Waals surface area contributed by atoms with Crippen LogP contribution >= 0.6 is 0 Å². The van der Waals surface area contributed by atoms with Crippen molar-refractivity contribution in [1.29, 1.82) is 0 Å². The van der Waals surface area contributed by atoms with Gasteiger partial charge in [-0.05, 0) is 38.3 Å². The van der Waals surface area contributed by atoms with E-state index in [1.54, 1.807) is 13.0 Å². The largest absolute Gasteiger partial charge is 0.386 e. The normalized spacial score (nSPS) is 17.1. The van der Waals surface area contributed by atoms with E-state index in [2.05, 4.69) is 36.8 Å². The summed E-state index contributed by atoms with van der Waals surface area (Å²) in [5, 5.41) is 6.77. The molecule has 0 radical (unpaired) electrons. The van der Waals surface area contributed by atoms with Gasteiger partial charge >= 0.3 is 0 Å². The minimum absolute atomic E-state index is 0.170. The number of amides is 1. The van der Waals surface area contributed by atoms with Crippen LogP contribution in [0.1, 0.15) is 33.6 Å². The molecule has 0 saturated carbocycles. The van der Waals surface area contributed by atoms with Crippen LogP contribution in [-0.2, 0) is 4.79 Å². The molecule has 0 unspecified atom stereocenters. The van der Waals surface area contributed by atoms with E-state index in [-0.39, 0.29) is 5.91 Å². The molecule has 0 aliphatic carbocycles. The van der Waals surface area contributed by atoms with E-state index < -0.39 is 0 Å². The van der Waals surface area contributed by atoms with Gasteiger partial charge < -0.3 is 15.5 Å². The third kappa shape index (κ3) is 5.80. The maximum atomic E-state index is 11.3. The molecule has 0 bridgehead atoms. The molecule has 2 N–H and O–H groups in total. The highest BCUT2D eigenvalue weighted by atomic mass is 16.2. The molecule has 122 valence electrons. The van der Waals surface area contributed by atoms with Gasteiger partial charge in [0.1, 0.15) is 0 Å². The Bertz CT molecular complexity index is 469. The van der Waals surface area contributed by atoms with Crippen molar-refractivity contribution in [2.24, 2.45) is 0 Å². The highest BCUT2D eigenvalue weighted by Crippen LogP contribution is 2.14. The van der Waals surface area contributed by atoms with Gasteiger partial charge in [-0.1, -0.05) is 25.3 Å². The van der Waals surface area contributed by atoms with Crippen molar-refractivity contribution in [3.05, 3.63) is 48.4 Å². The predicted octanol–water partition coefficient (Wildman–Crippen LogP) is 2.73. The summed E-state index contributed by atoms with van der Waals surface area (Å²) in [5.41, 5.74) is 3.03. The summed E-state index contributed by atoms with van der Waals surface area (Å²) in [5.74, 6) is 0.170. The second-order valence-electron chi connectivity index (χ2n) is 5.62. The molecular formula is C18H29N3O. The van der Waals surface area contributed by atoms with E-state index in [0.717, 1.165) is 49.4 Å². The van der Waals surface area contributed by atoms with Gasteiger partial charge in [-0.3, -0.25) is 4.79 Å². The summed E-state index contributed by atoms with van der Waals surface area (Å²) in [7, 11) is 0. The molecule has 0 spiro atoms. The van der Waals surface area contributed by atoms with Gasteiger partial charge in [0, 0.05) is 44.0 Å². The van der Waals surface area contributed by atoms with Crippen LogP contribution in [0, 0.1) is 0 Å². The SMILES string of the molecule is C=C/C=C(\C=C(/C)NC1CCN(C(C)=O)CC1)C(=C)NCC. The monoisotopic (exact) mass is 303 g/mol. The molecule has 1 heterocycles. The third-order valence-corrected chi connectivity index (χ3v) is 3.78. The summed E-state index contributed by atoms with van der Waals surface area (Å²) < 4.78 is 0. The molecule has 0 aromatic carbocycles. The van der Waals surface area contributed by atoms with Gasteiger partial charge in [-0.15, -0.1) is 0 Å². The number of likely N-dealkylation sites (N-methyl/N-ethyl adjacent to an activating group) is 1. The molecule has 1 saturated heterocycles. The number of hydrogen-bond donors (Lipinski definition) is 2. The summed E-state index contributed by atoms with van der Waals surface area (Å²) >= 11 is 0. The zero-order chi connectivity index (χ0) is 16.5. The number of nitrogens with one attached hydrogen (secondary N) is 2. The molecule has 4 nitrogen and oxygen atoms in total. The fourth-order valence-electron chi connectivity index (χ4n) is 2.61. The van der Waals surface area contributed by atoms with Crippen LogP contribution in [0.4, 0.5) is 0 Å². The zero-order valence-electron chi connectivity index (χ0n) is 14.1. The van der Waals surface area contributed by atoms with Crippen LogP contribution in [0.5, 0.6) is 0 Å². The fraction of sp³-hybridized carbons (Fsp3) is 0.500. The Morgan fingerprint density at radius 2 is 1.95 bits per heavy atom. The van der Waals surface area contributed by atoms with Crippen molar-refractivity contribution in [2.45, 2.75) is 39.7 Å². The maximum absolute atomic E-state index is 11.3. The minimum atomic E-state index is 0.170.